The van der Waals surface area contributed by atoms with Gasteiger partial charge in [-0.1, -0.05) is 26.0 Å². The predicted octanol–water partition coefficient (Wildman–Crippen LogP) is 2.56. The summed E-state index contributed by atoms with van der Waals surface area (Å²) < 4.78 is 5.63. The molecule has 4 nitrogen and oxygen atoms in total. The lowest BCUT2D eigenvalue weighted by Gasteiger charge is -2.37. The molecule has 0 spiro atoms. The third-order valence-corrected chi connectivity index (χ3v) is 4.06. The van der Waals surface area contributed by atoms with E-state index in [2.05, 4.69) is 19.9 Å². The molecule has 0 radical (unpaired) electrons. The first kappa shape index (κ1) is 15.8. The third-order valence-electron chi connectivity index (χ3n) is 4.06. The summed E-state index contributed by atoms with van der Waals surface area (Å²) in [4.78, 5) is 14.0. The first-order valence-electron chi connectivity index (χ1n) is 7.75. The standard InChI is InChI=1S/C17H25NO3/c1-13(2)14-5-3-8-16(11-14)21-12-17(20)18(9-10-19)15-6-4-7-15/h3,5,8,11,13,15,19H,4,6-7,9-10,12H2,1-2H3. The highest BCUT2D eigenvalue weighted by Gasteiger charge is 2.28. The van der Waals surface area contributed by atoms with Crippen LogP contribution in [0.25, 0.3) is 0 Å². The lowest BCUT2D eigenvalue weighted by atomic mass is 9.91. The number of hydrogen-bond donors (Lipinski definition) is 1. The summed E-state index contributed by atoms with van der Waals surface area (Å²) in [6.07, 6.45) is 3.24. The van der Waals surface area contributed by atoms with E-state index in [1.165, 1.54) is 5.56 Å². The molecule has 0 aromatic heterocycles. The van der Waals surface area contributed by atoms with Crippen LogP contribution in [-0.2, 0) is 4.79 Å². The highest BCUT2D eigenvalue weighted by atomic mass is 16.5. The summed E-state index contributed by atoms with van der Waals surface area (Å²) in [6.45, 7) is 4.70. The van der Waals surface area contributed by atoms with Crippen LogP contribution < -0.4 is 4.74 Å². The minimum absolute atomic E-state index is 0.00503. The normalized spacial score (nSPS) is 14.9. The Kier molecular flexibility index (Phi) is 5.62. The van der Waals surface area contributed by atoms with E-state index in [0.29, 0.717) is 12.5 Å². The zero-order valence-electron chi connectivity index (χ0n) is 12.9. The molecule has 1 aromatic carbocycles. The first-order chi connectivity index (χ1) is 10.1. The first-order valence-corrected chi connectivity index (χ1v) is 7.75. The molecule has 0 bridgehead atoms. The summed E-state index contributed by atoms with van der Waals surface area (Å²) in [5.41, 5.74) is 1.20. The van der Waals surface area contributed by atoms with Gasteiger partial charge < -0.3 is 14.7 Å². The molecular weight excluding hydrogens is 266 g/mol. The van der Waals surface area contributed by atoms with Gasteiger partial charge in [0.2, 0.25) is 0 Å². The lowest BCUT2D eigenvalue weighted by molar-refractivity contribution is -0.138. The van der Waals surface area contributed by atoms with Gasteiger partial charge >= 0.3 is 0 Å². The van der Waals surface area contributed by atoms with Gasteiger partial charge in [0, 0.05) is 12.6 Å². The van der Waals surface area contributed by atoms with Crippen molar-refractivity contribution in [1.29, 1.82) is 0 Å². The van der Waals surface area contributed by atoms with E-state index in [1.54, 1.807) is 4.90 Å². The van der Waals surface area contributed by atoms with Crippen LogP contribution in [0.5, 0.6) is 5.75 Å². The van der Waals surface area contributed by atoms with Gasteiger partial charge in [-0.25, -0.2) is 0 Å². The minimum Gasteiger partial charge on any atom is -0.484 e. The van der Waals surface area contributed by atoms with E-state index in [1.807, 2.05) is 18.2 Å². The summed E-state index contributed by atoms with van der Waals surface area (Å²) in [7, 11) is 0. The monoisotopic (exact) mass is 291 g/mol. The van der Waals surface area contributed by atoms with Crippen molar-refractivity contribution >= 4 is 5.91 Å². The molecule has 1 aliphatic rings. The molecule has 21 heavy (non-hydrogen) atoms. The summed E-state index contributed by atoms with van der Waals surface area (Å²) >= 11 is 0. The van der Waals surface area contributed by atoms with Crippen molar-refractivity contribution in [2.45, 2.75) is 45.1 Å². The number of amides is 1. The van der Waals surface area contributed by atoms with Gasteiger partial charge in [-0.05, 0) is 42.9 Å². The number of ether oxygens (including phenoxy) is 1. The Morgan fingerprint density at radius 3 is 2.76 bits per heavy atom. The highest BCUT2D eigenvalue weighted by molar-refractivity contribution is 5.78. The van der Waals surface area contributed by atoms with E-state index in [-0.39, 0.29) is 25.2 Å². The van der Waals surface area contributed by atoms with E-state index < -0.39 is 0 Å². The second kappa shape index (κ2) is 7.46. The zero-order valence-corrected chi connectivity index (χ0v) is 12.9. The van der Waals surface area contributed by atoms with Gasteiger partial charge in [-0.15, -0.1) is 0 Å². The molecule has 1 saturated carbocycles. The zero-order chi connectivity index (χ0) is 15.2. The van der Waals surface area contributed by atoms with Crippen molar-refractivity contribution in [2.75, 3.05) is 19.8 Å². The maximum Gasteiger partial charge on any atom is 0.260 e. The number of aliphatic hydroxyl groups excluding tert-OH is 1. The Morgan fingerprint density at radius 1 is 1.43 bits per heavy atom. The lowest BCUT2D eigenvalue weighted by Crippen LogP contribution is -2.47. The largest absolute Gasteiger partial charge is 0.484 e. The van der Waals surface area contributed by atoms with Gasteiger partial charge in [0.25, 0.3) is 5.91 Å². The van der Waals surface area contributed by atoms with Crippen LogP contribution in [0.15, 0.2) is 24.3 Å². The summed E-state index contributed by atoms with van der Waals surface area (Å²) in [6, 6.07) is 8.16. The molecule has 1 fully saturated rings. The van der Waals surface area contributed by atoms with E-state index >= 15 is 0 Å². The van der Waals surface area contributed by atoms with Crippen LogP contribution in [0.1, 0.15) is 44.6 Å². The van der Waals surface area contributed by atoms with Crippen molar-refractivity contribution in [3.8, 4) is 5.75 Å². The molecule has 0 heterocycles. The highest BCUT2D eigenvalue weighted by Crippen LogP contribution is 2.25. The van der Waals surface area contributed by atoms with Crippen molar-refractivity contribution in [3.63, 3.8) is 0 Å². The number of carbonyl (C=O) groups is 1. The Balaban J connectivity index is 1.91. The van der Waals surface area contributed by atoms with Crippen LogP contribution in [-0.4, -0.2) is 41.7 Å². The smallest absolute Gasteiger partial charge is 0.260 e. The molecule has 0 atom stereocenters. The predicted molar refractivity (Wildman–Crippen MR) is 82.5 cm³/mol. The number of carbonyl (C=O) groups excluding carboxylic acids is 1. The van der Waals surface area contributed by atoms with E-state index in [4.69, 9.17) is 9.84 Å². The van der Waals surface area contributed by atoms with Crippen molar-refractivity contribution in [2.24, 2.45) is 0 Å². The Bertz CT molecular complexity index is 469. The molecule has 1 amide bonds. The quantitative estimate of drug-likeness (QED) is 0.840. The van der Waals surface area contributed by atoms with Crippen LogP contribution in [0, 0.1) is 0 Å². The van der Waals surface area contributed by atoms with Crippen LogP contribution in [0.3, 0.4) is 0 Å². The topological polar surface area (TPSA) is 49.8 Å². The maximum atomic E-state index is 12.2. The fraction of sp³-hybridized carbons (Fsp3) is 0.588. The summed E-state index contributed by atoms with van der Waals surface area (Å²) in [5, 5.41) is 9.10. The Labute approximate surface area is 126 Å². The van der Waals surface area contributed by atoms with Gasteiger partial charge in [0.15, 0.2) is 6.61 Å². The van der Waals surface area contributed by atoms with Crippen LogP contribution in [0.4, 0.5) is 0 Å². The average Bonchev–Trinajstić information content (AvgIpc) is 2.42. The van der Waals surface area contributed by atoms with Crippen molar-refractivity contribution in [1.82, 2.24) is 4.90 Å². The Morgan fingerprint density at radius 2 is 2.19 bits per heavy atom. The Hall–Kier alpha value is -1.55. The van der Waals surface area contributed by atoms with Gasteiger partial charge in [0.05, 0.1) is 6.61 Å². The molecule has 0 saturated heterocycles. The molecule has 4 heteroatoms. The number of nitrogens with zero attached hydrogens (tertiary/aromatic N) is 1. The molecule has 1 N–H and O–H groups in total. The van der Waals surface area contributed by atoms with E-state index in [0.717, 1.165) is 25.0 Å². The molecule has 0 aliphatic heterocycles. The third kappa shape index (κ3) is 4.21. The van der Waals surface area contributed by atoms with Gasteiger partial charge in [-0.3, -0.25) is 4.79 Å². The number of aliphatic hydroxyl groups is 1. The molecule has 2 rings (SSSR count). The molecule has 1 aromatic rings. The minimum atomic E-state index is -0.0382. The average molecular weight is 291 g/mol. The summed E-state index contributed by atoms with van der Waals surface area (Å²) in [5.74, 6) is 1.13. The number of benzene rings is 1. The number of rotatable bonds is 7. The molecular formula is C17H25NO3. The van der Waals surface area contributed by atoms with Crippen molar-refractivity contribution in [3.05, 3.63) is 29.8 Å². The fourth-order valence-corrected chi connectivity index (χ4v) is 2.51. The molecule has 1 aliphatic carbocycles. The number of hydrogen-bond acceptors (Lipinski definition) is 3. The second-order valence-corrected chi connectivity index (χ2v) is 5.91. The van der Waals surface area contributed by atoms with Crippen molar-refractivity contribution < 1.29 is 14.6 Å². The maximum absolute atomic E-state index is 12.2. The van der Waals surface area contributed by atoms with Crippen LogP contribution in [0.2, 0.25) is 0 Å². The van der Waals surface area contributed by atoms with Gasteiger partial charge in [-0.2, -0.15) is 0 Å². The van der Waals surface area contributed by atoms with Gasteiger partial charge in [0.1, 0.15) is 5.75 Å². The SMILES string of the molecule is CC(C)c1cccc(OCC(=O)N(CCO)C2CCC2)c1. The second-order valence-electron chi connectivity index (χ2n) is 5.91. The fourth-order valence-electron chi connectivity index (χ4n) is 2.51. The molecule has 0 unspecified atom stereocenters. The van der Waals surface area contributed by atoms with Crippen LogP contribution >= 0.6 is 0 Å². The molecule has 116 valence electrons. The van der Waals surface area contributed by atoms with E-state index in [9.17, 15) is 4.79 Å².